The summed E-state index contributed by atoms with van der Waals surface area (Å²) in [4.78, 5) is 4.28. The molecule has 0 radical (unpaired) electrons. The number of aliphatic hydroxyl groups excluding tert-OH is 1. The van der Waals surface area contributed by atoms with Gasteiger partial charge in [0.15, 0.2) is 0 Å². The Kier molecular flexibility index (Phi) is 3.40. The Morgan fingerprint density at radius 2 is 1.78 bits per heavy atom. The first-order valence-electron chi connectivity index (χ1n) is 7.40. The number of para-hydroxylation sites is 1. The van der Waals surface area contributed by atoms with Crippen LogP contribution in [0.2, 0.25) is 0 Å². The Balaban J connectivity index is 1.83. The predicted molar refractivity (Wildman–Crippen MR) is 86.7 cm³/mol. The van der Waals surface area contributed by atoms with Gasteiger partial charge in [0.05, 0.1) is 12.1 Å². The van der Waals surface area contributed by atoms with E-state index in [9.17, 15) is 0 Å². The quantitative estimate of drug-likeness (QED) is 0.628. The number of fused-ring (bicyclic) bond motifs is 1. The Labute approximate surface area is 132 Å². The van der Waals surface area contributed by atoms with Gasteiger partial charge >= 0.3 is 0 Å². The maximum atomic E-state index is 9.13. The van der Waals surface area contributed by atoms with Gasteiger partial charge in [-0.1, -0.05) is 48.5 Å². The van der Waals surface area contributed by atoms with Crippen molar-refractivity contribution in [1.82, 2.24) is 14.8 Å². The molecule has 0 aliphatic heterocycles. The molecule has 0 saturated heterocycles. The maximum Gasteiger partial charge on any atom is 0.220 e. The summed E-state index contributed by atoms with van der Waals surface area (Å²) < 4.78 is 7.20. The number of hydrogen-bond donors (Lipinski definition) is 1. The van der Waals surface area contributed by atoms with Gasteiger partial charge in [-0.2, -0.15) is 5.10 Å². The fourth-order valence-corrected chi connectivity index (χ4v) is 2.69. The third-order valence-electron chi connectivity index (χ3n) is 3.76. The average Bonchev–Trinajstić information content (AvgIpc) is 3.21. The number of aliphatic hydroxyl groups is 1. The van der Waals surface area contributed by atoms with Crippen LogP contribution in [0.1, 0.15) is 11.5 Å². The van der Waals surface area contributed by atoms with Crippen molar-refractivity contribution < 1.29 is 9.52 Å². The fraction of sp³-hybridized carbons (Fsp3) is 0.111. The summed E-state index contributed by atoms with van der Waals surface area (Å²) in [6.07, 6.45) is 1.53. The van der Waals surface area contributed by atoms with Crippen molar-refractivity contribution in [3.05, 3.63) is 72.3 Å². The molecule has 0 fully saturated rings. The van der Waals surface area contributed by atoms with Gasteiger partial charge in [0.2, 0.25) is 5.89 Å². The summed E-state index contributed by atoms with van der Waals surface area (Å²) in [7, 11) is 0. The molecule has 2 heterocycles. The van der Waals surface area contributed by atoms with Crippen molar-refractivity contribution >= 4 is 10.9 Å². The first kappa shape index (κ1) is 13.7. The largest absolute Gasteiger partial charge is 0.446 e. The SMILES string of the molecule is OCc1nc(-c2nn(Cc3ccccc3)c3ccccc23)co1. The van der Waals surface area contributed by atoms with Crippen LogP contribution in [0.5, 0.6) is 0 Å². The highest BCUT2D eigenvalue weighted by atomic mass is 16.4. The Morgan fingerprint density at radius 1 is 1.00 bits per heavy atom. The van der Waals surface area contributed by atoms with E-state index in [2.05, 4.69) is 17.1 Å². The van der Waals surface area contributed by atoms with Gasteiger partial charge in [-0.15, -0.1) is 0 Å². The summed E-state index contributed by atoms with van der Waals surface area (Å²) in [5.74, 6) is 0.293. The molecule has 0 bridgehead atoms. The van der Waals surface area contributed by atoms with E-state index < -0.39 is 0 Å². The summed E-state index contributed by atoms with van der Waals surface area (Å²) >= 11 is 0. The summed E-state index contributed by atoms with van der Waals surface area (Å²) in [6.45, 7) is 0.467. The van der Waals surface area contributed by atoms with Crippen LogP contribution in [0.25, 0.3) is 22.3 Å². The monoisotopic (exact) mass is 305 g/mol. The molecule has 4 rings (SSSR count). The van der Waals surface area contributed by atoms with E-state index in [1.54, 1.807) is 0 Å². The van der Waals surface area contributed by atoms with Crippen molar-refractivity contribution in [2.45, 2.75) is 13.2 Å². The van der Waals surface area contributed by atoms with Crippen molar-refractivity contribution in [3.63, 3.8) is 0 Å². The molecule has 2 aromatic heterocycles. The van der Waals surface area contributed by atoms with E-state index in [1.807, 2.05) is 47.1 Å². The Morgan fingerprint density at radius 3 is 2.57 bits per heavy atom. The highest BCUT2D eigenvalue weighted by Crippen LogP contribution is 2.27. The van der Waals surface area contributed by atoms with E-state index >= 15 is 0 Å². The minimum atomic E-state index is -0.220. The van der Waals surface area contributed by atoms with Crippen molar-refractivity contribution in [2.24, 2.45) is 0 Å². The first-order valence-corrected chi connectivity index (χ1v) is 7.40. The van der Waals surface area contributed by atoms with Crippen LogP contribution in [0.15, 0.2) is 65.3 Å². The van der Waals surface area contributed by atoms with Gasteiger partial charge in [0, 0.05) is 5.39 Å². The lowest BCUT2D eigenvalue weighted by molar-refractivity contribution is 0.240. The Bertz CT molecular complexity index is 941. The van der Waals surface area contributed by atoms with Gasteiger partial charge in [-0.3, -0.25) is 4.68 Å². The van der Waals surface area contributed by atoms with E-state index in [0.717, 1.165) is 16.6 Å². The lowest BCUT2D eigenvalue weighted by atomic mass is 10.2. The van der Waals surface area contributed by atoms with Crippen molar-refractivity contribution in [1.29, 1.82) is 0 Å². The molecule has 4 aromatic rings. The second kappa shape index (κ2) is 5.70. The summed E-state index contributed by atoms with van der Waals surface area (Å²) in [5.41, 5.74) is 3.63. The van der Waals surface area contributed by atoms with Gasteiger partial charge in [0.1, 0.15) is 24.3 Å². The molecule has 2 aromatic carbocycles. The van der Waals surface area contributed by atoms with Crippen LogP contribution in [0, 0.1) is 0 Å². The van der Waals surface area contributed by atoms with Crippen LogP contribution in [0.4, 0.5) is 0 Å². The number of rotatable bonds is 4. The zero-order valence-electron chi connectivity index (χ0n) is 12.4. The van der Waals surface area contributed by atoms with Crippen LogP contribution in [-0.2, 0) is 13.2 Å². The first-order chi connectivity index (χ1) is 11.3. The summed E-state index contributed by atoms with van der Waals surface area (Å²) in [6, 6.07) is 18.2. The molecule has 0 atom stereocenters. The number of nitrogens with zero attached hydrogens (tertiary/aromatic N) is 3. The molecule has 0 aliphatic rings. The predicted octanol–water partition coefficient (Wildman–Crippen LogP) is 3.23. The minimum absolute atomic E-state index is 0.220. The van der Waals surface area contributed by atoms with E-state index in [-0.39, 0.29) is 6.61 Å². The molecular weight excluding hydrogens is 290 g/mol. The molecule has 5 nitrogen and oxygen atoms in total. The Hall–Kier alpha value is -2.92. The normalized spacial score (nSPS) is 11.2. The molecule has 1 N–H and O–H groups in total. The van der Waals surface area contributed by atoms with Crippen LogP contribution < -0.4 is 0 Å². The zero-order chi connectivity index (χ0) is 15.6. The lowest BCUT2D eigenvalue weighted by Gasteiger charge is -2.03. The zero-order valence-corrected chi connectivity index (χ0v) is 12.4. The fourth-order valence-electron chi connectivity index (χ4n) is 2.69. The van der Waals surface area contributed by atoms with Gasteiger partial charge in [0.25, 0.3) is 0 Å². The molecule has 5 heteroatoms. The minimum Gasteiger partial charge on any atom is -0.446 e. The highest BCUT2D eigenvalue weighted by Gasteiger charge is 2.15. The van der Waals surface area contributed by atoms with Gasteiger partial charge in [-0.05, 0) is 11.6 Å². The van der Waals surface area contributed by atoms with Gasteiger partial charge < -0.3 is 9.52 Å². The van der Waals surface area contributed by atoms with Crippen molar-refractivity contribution in [3.8, 4) is 11.4 Å². The molecule has 0 amide bonds. The lowest BCUT2D eigenvalue weighted by Crippen LogP contribution is -2.01. The number of benzene rings is 2. The molecule has 0 unspecified atom stereocenters. The average molecular weight is 305 g/mol. The second-order valence-corrected chi connectivity index (χ2v) is 5.29. The van der Waals surface area contributed by atoms with Crippen LogP contribution in [0.3, 0.4) is 0 Å². The summed E-state index contributed by atoms with van der Waals surface area (Å²) in [5, 5.41) is 14.9. The molecular formula is C18H15N3O2. The molecule has 0 spiro atoms. The number of oxazole rings is 1. The molecule has 114 valence electrons. The highest BCUT2D eigenvalue weighted by molar-refractivity contribution is 5.92. The standard InChI is InChI=1S/C18H15N3O2/c22-11-17-19-15(12-23-17)18-14-8-4-5-9-16(14)21(20-18)10-13-6-2-1-3-7-13/h1-9,12,22H,10-11H2. The van der Waals surface area contributed by atoms with Crippen LogP contribution in [-0.4, -0.2) is 19.9 Å². The second-order valence-electron chi connectivity index (χ2n) is 5.29. The topological polar surface area (TPSA) is 64.1 Å². The van der Waals surface area contributed by atoms with E-state index in [4.69, 9.17) is 14.6 Å². The third-order valence-corrected chi connectivity index (χ3v) is 3.76. The molecule has 23 heavy (non-hydrogen) atoms. The van der Waals surface area contributed by atoms with Crippen LogP contribution >= 0.6 is 0 Å². The molecule has 0 saturated carbocycles. The molecule has 0 aliphatic carbocycles. The third kappa shape index (κ3) is 2.51. The maximum absolute atomic E-state index is 9.13. The smallest absolute Gasteiger partial charge is 0.220 e. The van der Waals surface area contributed by atoms with E-state index in [0.29, 0.717) is 18.1 Å². The van der Waals surface area contributed by atoms with E-state index in [1.165, 1.54) is 11.8 Å². The van der Waals surface area contributed by atoms with Gasteiger partial charge in [-0.25, -0.2) is 4.98 Å². The number of hydrogen-bond acceptors (Lipinski definition) is 4. The van der Waals surface area contributed by atoms with Crippen molar-refractivity contribution in [2.75, 3.05) is 0 Å². The number of aromatic nitrogens is 3.